The maximum atomic E-state index is 11.7. The first kappa shape index (κ1) is 14.3. The third kappa shape index (κ3) is 4.53. The van der Waals surface area contributed by atoms with Crippen molar-refractivity contribution in [1.82, 2.24) is 0 Å². The number of rotatable bonds is 4. The number of ether oxygens (including phenoxy) is 1. The van der Waals surface area contributed by atoms with Crippen molar-refractivity contribution < 1.29 is 9.53 Å². The number of allylic oxidation sites excluding steroid dienone is 1. The predicted octanol–water partition coefficient (Wildman–Crippen LogP) is 2.59. The summed E-state index contributed by atoms with van der Waals surface area (Å²) in [4.78, 5) is 11.7. The fourth-order valence-corrected chi connectivity index (χ4v) is 1.26. The highest BCUT2D eigenvalue weighted by Crippen LogP contribution is 2.13. The molecule has 0 saturated carbocycles. The zero-order valence-electron chi connectivity index (χ0n) is 10.7. The lowest BCUT2D eigenvalue weighted by atomic mass is 10.2. The van der Waals surface area contributed by atoms with Crippen LogP contribution in [-0.2, 0) is 4.74 Å². The van der Waals surface area contributed by atoms with Gasteiger partial charge in [-0.1, -0.05) is 6.07 Å². The van der Waals surface area contributed by atoms with Crippen LogP contribution in [0.5, 0.6) is 0 Å². The second-order valence-electron chi connectivity index (χ2n) is 3.96. The average molecular weight is 255 g/mol. The van der Waals surface area contributed by atoms with Crippen LogP contribution in [0.25, 0.3) is 0 Å². The molecule has 19 heavy (non-hydrogen) atoms. The largest absolute Gasteiger partial charge is 0.459 e. The summed E-state index contributed by atoms with van der Waals surface area (Å²) in [6.45, 7) is 3.55. The van der Waals surface area contributed by atoms with Crippen molar-refractivity contribution in [2.45, 2.75) is 20.0 Å². The molecule has 0 aromatic heterocycles. The highest BCUT2D eigenvalue weighted by molar-refractivity contribution is 5.90. The number of anilines is 1. The summed E-state index contributed by atoms with van der Waals surface area (Å²) >= 11 is 0. The molecule has 0 aliphatic heterocycles. The summed E-state index contributed by atoms with van der Waals surface area (Å²) in [5.41, 5.74) is 0.957. The molecule has 5 nitrogen and oxygen atoms in total. The second-order valence-corrected chi connectivity index (χ2v) is 3.96. The number of carbonyl (C=O) groups excluding carboxylic acids is 1. The Labute approximate surface area is 111 Å². The fraction of sp³-hybridized carbons (Fsp3) is 0.214. The lowest BCUT2D eigenvalue weighted by Gasteiger charge is -2.08. The van der Waals surface area contributed by atoms with Crippen molar-refractivity contribution in [2.24, 2.45) is 0 Å². The monoisotopic (exact) mass is 255 g/mol. The number of nitrogens with one attached hydrogen (secondary N) is 1. The Hall–Kier alpha value is -2.79. The first-order chi connectivity index (χ1) is 9.06. The van der Waals surface area contributed by atoms with Crippen LogP contribution in [0.2, 0.25) is 0 Å². The van der Waals surface area contributed by atoms with Crippen LogP contribution in [0.1, 0.15) is 24.2 Å². The van der Waals surface area contributed by atoms with E-state index in [0.717, 1.165) is 0 Å². The Bertz CT molecular complexity index is 561. The van der Waals surface area contributed by atoms with Gasteiger partial charge in [-0.2, -0.15) is 10.5 Å². The summed E-state index contributed by atoms with van der Waals surface area (Å²) in [6.07, 6.45) is 1.10. The van der Waals surface area contributed by atoms with E-state index in [4.69, 9.17) is 15.3 Å². The Kier molecular flexibility index (Phi) is 5.13. The van der Waals surface area contributed by atoms with Gasteiger partial charge in [0.1, 0.15) is 17.7 Å². The van der Waals surface area contributed by atoms with Gasteiger partial charge >= 0.3 is 5.97 Å². The SMILES string of the molecule is CC(C)OC(=O)c1cccc(NC=C(C#N)C#N)c1. The molecular formula is C14H13N3O2. The molecule has 0 aliphatic carbocycles. The summed E-state index contributed by atoms with van der Waals surface area (Å²) in [5.74, 6) is -0.414. The molecule has 0 atom stereocenters. The van der Waals surface area contributed by atoms with E-state index in [1.807, 2.05) is 0 Å². The Morgan fingerprint density at radius 1 is 1.37 bits per heavy atom. The van der Waals surface area contributed by atoms with Gasteiger partial charge in [0.2, 0.25) is 0 Å². The highest BCUT2D eigenvalue weighted by atomic mass is 16.5. The number of nitrogens with zero attached hydrogens (tertiary/aromatic N) is 2. The van der Waals surface area contributed by atoms with Gasteiger partial charge in [-0.15, -0.1) is 0 Å². The van der Waals surface area contributed by atoms with Crippen LogP contribution in [0.3, 0.4) is 0 Å². The van der Waals surface area contributed by atoms with Crippen molar-refractivity contribution >= 4 is 11.7 Å². The third-order valence-electron chi connectivity index (χ3n) is 2.07. The van der Waals surface area contributed by atoms with Gasteiger partial charge in [-0.3, -0.25) is 0 Å². The molecule has 96 valence electrons. The number of hydrogen-bond acceptors (Lipinski definition) is 5. The maximum absolute atomic E-state index is 11.7. The van der Waals surface area contributed by atoms with Crippen molar-refractivity contribution in [2.75, 3.05) is 5.32 Å². The molecular weight excluding hydrogens is 242 g/mol. The first-order valence-corrected chi connectivity index (χ1v) is 5.64. The van der Waals surface area contributed by atoms with E-state index in [1.165, 1.54) is 6.20 Å². The molecule has 0 unspecified atom stereocenters. The van der Waals surface area contributed by atoms with E-state index in [9.17, 15) is 4.79 Å². The molecule has 0 saturated heterocycles. The lowest BCUT2D eigenvalue weighted by molar-refractivity contribution is 0.0378. The molecule has 0 amide bonds. The maximum Gasteiger partial charge on any atom is 0.338 e. The number of benzene rings is 1. The lowest BCUT2D eigenvalue weighted by Crippen LogP contribution is -2.11. The second kappa shape index (κ2) is 6.83. The molecule has 0 bridgehead atoms. The number of carbonyl (C=O) groups is 1. The summed E-state index contributed by atoms with van der Waals surface area (Å²) in [7, 11) is 0. The van der Waals surface area contributed by atoms with Gasteiger partial charge in [0, 0.05) is 11.9 Å². The van der Waals surface area contributed by atoms with Crippen LogP contribution in [0.4, 0.5) is 5.69 Å². The summed E-state index contributed by atoms with van der Waals surface area (Å²) in [5, 5.41) is 20.0. The first-order valence-electron chi connectivity index (χ1n) is 5.64. The molecule has 1 aromatic carbocycles. The van der Waals surface area contributed by atoms with Crippen molar-refractivity contribution in [1.29, 1.82) is 10.5 Å². The quantitative estimate of drug-likeness (QED) is 0.660. The van der Waals surface area contributed by atoms with E-state index < -0.39 is 5.97 Å². The number of hydrogen-bond donors (Lipinski definition) is 1. The van der Waals surface area contributed by atoms with E-state index in [-0.39, 0.29) is 11.7 Å². The van der Waals surface area contributed by atoms with Crippen LogP contribution < -0.4 is 5.32 Å². The predicted molar refractivity (Wildman–Crippen MR) is 69.9 cm³/mol. The molecule has 0 spiro atoms. The van der Waals surface area contributed by atoms with Crippen LogP contribution in [0, 0.1) is 22.7 Å². The topological polar surface area (TPSA) is 85.9 Å². The Morgan fingerprint density at radius 3 is 2.63 bits per heavy atom. The normalized spacial score (nSPS) is 9.11. The number of nitriles is 2. The van der Waals surface area contributed by atoms with Gasteiger partial charge < -0.3 is 10.1 Å². The van der Waals surface area contributed by atoms with Gasteiger partial charge in [0.25, 0.3) is 0 Å². The molecule has 0 fully saturated rings. The smallest absolute Gasteiger partial charge is 0.338 e. The molecule has 1 rings (SSSR count). The van der Waals surface area contributed by atoms with E-state index in [2.05, 4.69) is 5.32 Å². The molecule has 1 N–H and O–H groups in total. The van der Waals surface area contributed by atoms with Crippen LogP contribution in [0.15, 0.2) is 36.0 Å². The van der Waals surface area contributed by atoms with Crippen LogP contribution in [-0.4, -0.2) is 12.1 Å². The molecule has 0 aliphatic rings. The molecule has 0 radical (unpaired) electrons. The molecule has 0 heterocycles. The summed E-state index contributed by atoms with van der Waals surface area (Å²) < 4.78 is 5.07. The average Bonchev–Trinajstić information content (AvgIpc) is 2.39. The Morgan fingerprint density at radius 2 is 2.05 bits per heavy atom. The Balaban J connectivity index is 2.84. The minimum Gasteiger partial charge on any atom is -0.459 e. The molecule has 5 heteroatoms. The third-order valence-corrected chi connectivity index (χ3v) is 2.07. The van der Waals surface area contributed by atoms with E-state index in [1.54, 1.807) is 50.3 Å². The minimum atomic E-state index is -0.414. The van der Waals surface area contributed by atoms with Gasteiger partial charge in [-0.25, -0.2) is 4.79 Å². The highest BCUT2D eigenvalue weighted by Gasteiger charge is 2.09. The van der Waals surface area contributed by atoms with Gasteiger partial charge in [0.05, 0.1) is 11.7 Å². The van der Waals surface area contributed by atoms with E-state index in [0.29, 0.717) is 11.3 Å². The fourth-order valence-electron chi connectivity index (χ4n) is 1.26. The number of esters is 1. The van der Waals surface area contributed by atoms with Gasteiger partial charge in [0.15, 0.2) is 0 Å². The molecule has 1 aromatic rings. The van der Waals surface area contributed by atoms with E-state index >= 15 is 0 Å². The minimum absolute atomic E-state index is 0.0461. The standard InChI is InChI=1S/C14H13N3O2/c1-10(2)19-14(18)12-4-3-5-13(6-12)17-9-11(7-15)8-16/h3-6,9-10,17H,1-2H3. The zero-order chi connectivity index (χ0) is 14.3. The van der Waals surface area contributed by atoms with Gasteiger partial charge in [-0.05, 0) is 32.0 Å². The van der Waals surface area contributed by atoms with Crippen LogP contribution >= 0.6 is 0 Å². The summed E-state index contributed by atoms with van der Waals surface area (Å²) in [6, 6.07) is 10.1. The van der Waals surface area contributed by atoms with Crippen molar-refractivity contribution in [3.63, 3.8) is 0 Å². The zero-order valence-corrected chi connectivity index (χ0v) is 10.7. The van der Waals surface area contributed by atoms with Crippen molar-refractivity contribution in [3.05, 3.63) is 41.6 Å². The van der Waals surface area contributed by atoms with Crippen molar-refractivity contribution in [3.8, 4) is 12.1 Å².